The first-order valence-corrected chi connectivity index (χ1v) is 6.14. The van der Waals surface area contributed by atoms with Crippen molar-refractivity contribution in [2.45, 2.75) is 6.92 Å². The molecule has 2 rings (SSSR count). The summed E-state index contributed by atoms with van der Waals surface area (Å²) >= 11 is 4.97. The molecule has 0 fully saturated rings. The molecule has 0 atom stereocenters. The number of hydrogen-bond donors (Lipinski definition) is 3. The van der Waals surface area contributed by atoms with Gasteiger partial charge in [0.05, 0.1) is 5.52 Å². The van der Waals surface area contributed by atoms with Gasteiger partial charge in [-0.25, -0.2) is 0 Å². The van der Waals surface area contributed by atoms with Crippen molar-refractivity contribution in [1.29, 1.82) is 0 Å². The summed E-state index contributed by atoms with van der Waals surface area (Å²) in [5, 5.41) is 21.6. The third kappa shape index (κ3) is 2.97. The van der Waals surface area contributed by atoms with E-state index >= 15 is 0 Å². The van der Waals surface area contributed by atoms with E-state index < -0.39 is 0 Å². The van der Waals surface area contributed by atoms with E-state index in [9.17, 15) is 5.11 Å². The first-order valence-electron chi connectivity index (χ1n) is 5.73. The highest BCUT2D eigenvalue weighted by Crippen LogP contribution is 2.35. The van der Waals surface area contributed by atoms with E-state index in [1.807, 2.05) is 25.1 Å². The molecule has 0 amide bonds. The van der Waals surface area contributed by atoms with Crippen LogP contribution < -0.4 is 5.32 Å². The third-order valence-corrected chi connectivity index (χ3v) is 2.77. The zero-order valence-electron chi connectivity index (χ0n) is 10.5. The Hall–Kier alpha value is -2.21. The number of thiocarbonyl (C=S) groups is 1. The zero-order valence-corrected chi connectivity index (χ0v) is 11.3. The van der Waals surface area contributed by atoms with Gasteiger partial charge in [0, 0.05) is 11.9 Å². The summed E-state index contributed by atoms with van der Waals surface area (Å²) in [4.78, 5) is 2.84. The van der Waals surface area contributed by atoms with Gasteiger partial charge in [0.2, 0.25) is 11.0 Å². The Morgan fingerprint density at radius 2 is 2.37 bits per heavy atom. The SMILES string of the molecule is C=CCNC(=S)N=Nc1c(O)[nH]c2ccc(C)cc12. The topological polar surface area (TPSA) is 72.8 Å². The fraction of sp³-hybridized carbons (Fsp3) is 0.154. The number of aryl methyl sites for hydroxylation is 1. The zero-order chi connectivity index (χ0) is 13.8. The van der Waals surface area contributed by atoms with Gasteiger partial charge in [0.1, 0.15) is 0 Å². The van der Waals surface area contributed by atoms with Crippen molar-refractivity contribution in [3.8, 4) is 5.88 Å². The maximum Gasteiger partial charge on any atom is 0.218 e. The number of fused-ring (bicyclic) bond motifs is 1. The van der Waals surface area contributed by atoms with Gasteiger partial charge in [-0.1, -0.05) is 17.7 Å². The summed E-state index contributed by atoms with van der Waals surface area (Å²) in [6, 6.07) is 5.77. The molecule has 3 N–H and O–H groups in total. The average molecular weight is 274 g/mol. The minimum Gasteiger partial charge on any atom is -0.493 e. The number of H-pyrrole nitrogens is 1. The lowest BCUT2D eigenvalue weighted by atomic mass is 10.2. The number of rotatable bonds is 3. The fourth-order valence-electron chi connectivity index (χ4n) is 1.67. The first kappa shape index (κ1) is 13.2. The Bertz CT molecular complexity index is 660. The molecule has 0 aliphatic heterocycles. The fourth-order valence-corrected chi connectivity index (χ4v) is 1.79. The normalized spacial score (nSPS) is 11.0. The van der Waals surface area contributed by atoms with Crippen molar-refractivity contribution < 1.29 is 5.11 Å². The Morgan fingerprint density at radius 3 is 3.11 bits per heavy atom. The molecule has 0 saturated heterocycles. The van der Waals surface area contributed by atoms with Crippen LogP contribution in [-0.4, -0.2) is 21.7 Å². The van der Waals surface area contributed by atoms with Crippen LogP contribution in [-0.2, 0) is 0 Å². The van der Waals surface area contributed by atoms with E-state index in [2.05, 4.69) is 27.1 Å². The summed E-state index contributed by atoms with van der Waals surface area (Å²) < 4.78 is 0. The molecule has 1 aromatic carbocycles. The minimum atomic E-state index is -0.0177. The lowest BCUT2D eigenvalue weighted by Crippen LogP contribution is -2.18. The maximum atomic E-state index is 9.83. The Kier molecular flexibility index (Phi) is 3.91. The van der Waals surface area contributed by atoms with Crippen molar-refractivity contribution in [2.24, 2.45) is 10.2 Å². The van der Waals surface area contributed by atoms with Crippen LogP contribution in [0.15, 0.2) is 41.1 Å². The summed E-state index contributed by atoms with van der Waals surface area (Å²) in [6.45, 7) is 6.07. The van der Waals surface area contributed by atoms with Gasteiger partial charge in [-0.2, -0.15) is 0 Å². The lowest BCUT2D eigenvalue weighted by Gasteiger charge is -1.97. The summed E-state index contributed by atoms with van der Waals surface area (Å²) in [6.07, 6.45) is 1.67. The molecule has 5 nitrogen and oxygen atoms in total. The highest BCUT2D eigenvalue weighted by atomic mass is 32.1. The summed E-state index contributed by atoms with van der Waals surface area (Å²) in [7, 11) is 0. The second-order valence-corrected chi connectivity index (χ2v) is 4.43. The van der Waals surface area contributed by atoms with Crippen molar-refractivity contribution in [3.05, 3.63) is 36.4 Å². The predicted molar refractivity (Wildman–Crippen MR) is 80.0 cm³/mol. The quantitative estimate of drug-likeness (QED) is 0.456. The van der Waals surface area contributed by atoms with Gasteiger partial charge in [0.25, 0.3) is 0 Å². The third-order valence-electron chi connectivity index (χ3n) is 2.55. The van der Waals surface area contributed by atoms with Gasteiger partial charge in [0.15, 0.2) is 5.69 Å². The number of hydrogen-bond acceptors (Lipinski definition) is 3. The highest BCUT2D eigenvalue weighted by molar-refractivity contribution is 7.80. The van der Waals surface area contributed by atoms with Crippen molar-refractivity contribution in [3.63, 3.8) is 0 Å². The summed E-state index contributed by atoms with van der Waals surface area (Å²) in [5.41, 5.74) is 2.28. The van der Waals surface area contributed by atoms with E-state index in [1.54, 1.807) is 6.08 Å². The van der Waals surface area contributed by atoms with E-state index in [1.165, 1.54) is 0 Å². The van der Waals surface area contributed by atoms with Crippen LogP contribution in [0, 0.1) is 6.92 Å². The number of azo groups is 1. The van der Waals surface area contributed by atoms with Gasteiger partial charge >= 0.3 is 0 Å². The molecule has 0 spiro atoms. The molecule has 0 aliphatic rings. The number of aromatic nitrogens is 1. The molecule has 0 aliphatic carbocycles. The van der Waals surface area contributed by atoms with E-state index in [0.717, 1.165) is 16.5 Å². The van der Waals surface area contributed by atoms with Crippen LogP contribution in [0.5, 0.6) is 5.88 Å². The monoisotopic (exact) mass is 274 g/mol. The molecule has 0 saturated carbocycles. The first-order chi connectivity index (χ1) is 9.11. The highest BCUT2D eigenvalue weighted by Gasteiger charge is 2.10. The second kappa shape index (κ2) is 5.62. The largest absolute Gasteiger partial charge is 0.493 e. The molecule has 0 bridgehead atoms. The van der Waals surface area contributed by atoms with Crippen LogP contribution in [0.4, 0.5) is 5.69 Å². The minimum absolute atomic E-state index is 0.0177. The molecule has 98 valence electrons. The lowest BCUT2D eigenvalue weighted by molar-refractivity contribution is 0.459. The molecule has 1 heterocycles. The number of benzene rings is 1. The standard InChI is InChI=1S/C13H14N4OS/c1-3-6-14-13(19)17-16-11-9-7-8(2)4-5-10(9)15-12(11)18/h3-5,7,15,18H,1,6H2,2H3,(H,14,19). The van der Waals surface area contributed by atoms with Crippen LogP contribution >= 0.6 is 12.2 Å². The average Bonchev–Trinajstić information content (AvgIpc) is 2.69. The predicted octanol–water partition coefficient (Wildman–Crippen LogP) is 3.33. The van der Waals surface area contributed by atoms with Gasteiger partial charge in [-0.3, -0.25) is 0 Å². The maximum absolute atomic E-state index is 9.83. The van der Waals surface area contributed by atoms with Crippen LogP contribution in [0.25, 0.3) is 10.9 Å². The summed E-state index contributed by atoms with van der Waals surface area (Å²) in [5.74, 6) is -0.0177. The van der Waals surface area contributed by atoms with Crippen LogP contribution in [0.3, 0.4) is 0 Å². The number of nitrogens with one attached hydrogen (secondary N) is 2. The van der Waals surface area contributed by atoms with Gasteiger partial charge < -0.3 is 15.4 Å². The Morgan fingerprint density at radius 1 is 1.58 bits per heavy atom. The van der Waals surface area contributed by atoms with E-state index in [0.29, 0.717) is 12.2 Å². The Balaban J connectivity index is 2.31. The van der Waals surface area contributed by atoms with E-state index in [-0.39, 0.29) is 11.0 Å². The van der Waals surface area contributed by atoms with Crippen LogP contribution in [0.1, 0.15) is 5.56 Å². The molecular weight excluding hydrogens is 260 g/mol. The van der Waals surface area contributed by atoms with E-state index in [4.69, 9.17) is 12.2 Å². The molecule has 2 aromatic rings. The molecule has 0 unspecified atom stereocenters. The van der Waals surface area contributed by atoms with Crippen molar-refractivity contribution >= 4 is 33.9 Å². The molecule has 6 heteroatoms. The molecule has 19 heavy (non-hydrogen) atoms. The number of aromatic amines is 1. The number of nitrogens with zero attached hydrogens (tertiary/aromatic N) is 2. The molecule has 1 aromatic heterocycles. The van der Waals surface area contributed by atoms with Crippen LogP contribution in [0.2, 0.25) is 0 Å². The van der Waals surface area contributed by atoms with Gasteiger partial charge in [-0.15, -0.1) is 16.8 Å². The van der Waals surface area contributed by atoms with Gasteiger partial charge in [-0.05, 0) is 31.3 Å². The second-order valence-electron chi connectivity index (χ2n) is 4.05. The molecular formula is C13H14N4OS. The molecule has 0 radical (unpaired) electrons. The number of aromatic hydroxyl groups is 1. The smallest absolute Gasteiger partial charge is 0.218 e. The van der Waals surface area contributed by atoms with Crippen molar-refractivity contribution in [1.82, 2.24) is 10.3 Å². The Labute approximate surface area is 116 Å². The van der Waals surface area contributed by atoms with Crippen molar-refractivity contribution in [2.75, 3.05) is 6.54 Å².